The van der Waals surface area contributed by atoms with Gasteiger partial charge in [-0.25, -0.2) is 19.9 Å². The summed E-state index contributed by atoms with van der Waals surface area (Å²) in [5.41, 5.74) is 22.8. The molecule has 2 aliphatic rings. The van der Waals surface area contributed by atoms with E-state index < -0.39 is 10.8 Å². The molecule has 2 amide bonds. The van der Waals surface area contributed by atoms with Crippen molar-refractivity contribution >= 4 is 63.9 Å². The van der Waals surface area contributed by atoms with Crippen LogP contribution in [0.1, 0.15) is 78.1 Å². The second-order valence-corrected chi connectivity index (χ2v) is 15.7. The zero-order valence-corrected chi connectivity index (χ0v) is 35.1. The van der Waals surface area contributed by atoms with Crippen molar-refractivity contribution in [1.82, 2.24) is 29.9 Å². The summed E-state index contributed by atoms with van der Waals surface area (Å²) in [5, 5.41) is 1.20. The predicted octanol–water partition coefficient (Wildman–Crippen LogP) is 8.90. The van der Waals surface area contributed by atoms with Gasteiger partial charge in [0, 0.05) is 18.2 Å². The zero-order chi connectivity index (χ0) is 43.6. The molecule has 0 aliphatic heterocycles. The number of halogens is 3. The Morgan fingerprint density at radius 2 is 1.10 bits per heavy atom. The van der Waals surface area contributed by atoms with Gasteiger partial charge in [-0.05, 0) is 103 Å². The average molecular weight is 889 g/mol. The number of rotatable bonds is 12. The lowest BCUT2D eigenvalue weighted by molar-refractivity contribution is -0.121. The van der Waals surface area contributed by atoms with Gasteiger partial charge in [0.2, 0.25) is 17.1 Å². The molecule has 0 spiro atoms. The molecule has 2 aromatic carbocycles. The Kier molecular flexibility index (Phi) is 15.6. The maximum Gasteiger partial charge on any atom is 0.269 e. The molecule has 8 rings (SSSR count). The van der Waals surface area contributed by atoms with E-state index in [2.05, 4.69) is 39.6 Å². The van der Waals surface area contributed by atoms with Crippen LogP contribution in [0, 0.1) is 13.1 Å². The van der Waals surface area contributed by atoms with Gasteiger partial charge in [0.25, 0.3) is 11.6 Å². The van der Waals surface area contributed by atoms with Gasteiger partial charge in [0.15, 0.2) is 0 Å². The van der Waals surface area contributed by atoms with Crippen LogP contribution in [-0.2, 0) is 52.5 Å². The van der Waals surface area contributed by atoms with Crippen molar-refractivity contribution in [2.75, 3.05) is 5.73 Å². The van der Waals surface area contributed by atoms with Crippen LogP contribution in [0.15, 0.2) is 97.6 Å². The second-order valence-electron chi connectivity index (χ2n) is 14.6. The first-order valence-electron chi connectivity index (χ1n) is 19.2. The maximum atomic E-state index is 12.0. The number of amides is 2. The number of carbonyl (C=O) groups is 2. The van der Waals surface area contributed by atoms with Crippen molar-refractivity contribution in [1.29, 1.82) is 0 Å². The van der Waals surface area contributed by atoms with Crippen LogP contribution < -0.4 is 17.2 Å². The molecule has 0 unspecified atom stereocenters. The van der Waals surface area contributed by atoms with Crippen LogP contribution in [0.2, 0.25) is 15.3 Å². The third-order valence-corrected chi connectivity index (χ3v) is 11.4. The van der Waals surface area contributed by atoms with Gasteiger partial charge >= 0.3 is 0 Å². The molecule has 6 N–H and O–H groups in total. The fraction of sp³-hybridized carbons (Fsp3) is 0.261. The molecule has 0 atom stereocenters. The maximum absolute atomic E-state index is 12.0. The molecule has 4 aromatic heterocycles. The van der Waals surface area contributed by atoms with Crippen molar-refractivity contribution < 1.29 is 9.59 Å². The van der Waals surface area contributed by atoms with E-state index in [0.717, 1.165) is 65.6 Å². The molecule has 316 valence electrons. The fourth-order valence-electron chi connectivity index (χ4n) is 6.95. The quantitative estimate of drug-likeness (QED) is 0.0793. The number of aromatic nitrogens is 6. The molecule has 0 saturated heterocycles. The first kappa shape index (κ1) is 46.6. The molecule has 16 heteroatoms. The molecule has 13 nitrogen and oxygen atoms in total. The summed E-state index contributed by atoms with van der Waals surface area (Å²) < 4.78 is 0. The first-order chi connectivity index (χ1) is 29.4. The van der Waals surface area contributed by atoms with Crippen LogP contribution >= 0.6 is 34.8 Å². The molecule has 0 bridgehead atoms. The number of carbonyl (C=O) groups excluding carboxylic acids is 2. The monoisotopic (exact) mass is 887 g/mol. The van der Waals surface area contributed by atoms with Gasteiger partial charge in [-0.1, -0.05) is 98.4 Å². The van der Waals surface area contributed by atoms with Crippen molar-refractivity contribution in [3.05, 3.63) is 181 Å². The number of nitrogen functional groups attached to an aromatic ring is 1. The number of hydrogen-bond acceptors (Lipinski definition) is 9. The highest BCUT2D eigenvalue weighted by molar-refractivity contribution is 6.32. The molecule has 2 fully saturated rings. The second kappa shape index (κ2) is 20.8. The lowest BCUT2D eigenvalue weighted by atomic mass is 9.88. The highest BCUT2D eigenvalue weighted by Gasteiger charge is 2.51. The molecule has 2 saturated carbocycles. The summed E-state index contributed by atoms with van der Waals surface area (Å²) in [7, 11) is 0. The topological polar surface area (TPSA) is 198 Å². The van der Waals surface area contributed by atoms with Gasteiger partial charge in [0.05, 0.1) is 44.1 Å². The summed E-state index contributed by atoms with van der Waals surface area (Å²) in [6.07, 6.45) is 12.7. The van der Waals surface area contributed by atoms with E-state index in [1.54, 1.807) is 30.6 Å². The van der Waals surface area contributed by atoms with E-state index in [0.29, 0.717) is 64.6 Å². The Bertz CT molecular complexity index is 2620. The first-order valence-corrected chi connectivity index (χ1v) is 20.4. The third kappa shape index (κ3) is 11.4. The van der Waals surface area contributed by atoms with Gasteiger partial charge < -0.3 is 26.9 Å². The van der Waals surface area contributed by atoms with E-state index in [-0.39, 0.29) is 24.5 Å². The summed E-state index contributed by atoms with van der Waals surface area (Å²) >= 11 is 18.3. The highest BCUT2D eigenvalue weighted by Crippen LogP contribution is 2.50. The summed E-state index contributed by atoms with van der Waals surface area (Å²) in [4.78, 5) is 54.9. The van der Waals surface area contributed by atoms with Crippen LogP contribution in [0.25, 0.3) is 9.69 Å². The molecule has 62 heavy (non-hydrogen) atoms. The standard InChI is InChI=1S/C23H20ClN5O.C16H15Cl2N3O.C6H5N3.CH4/c1-26-20-9-6-15(13-27-20)12-21-28-14-18(24)19(29-21)8-7-16-4-2-3-5-17(16)23(10-11-23)22(25)30;17-12-9-20-15(18)21-13(12)6-5-10-3-1-2-4-11(10)16(7-8-16)14(19)22;1-8-6-3-2-5(7)4-9-6;/h2-6,9,13-14H,7-8,10-12H2,(H2,25,30);1-4,9H,5-8H2,(H2,19,22);2-4H,7H2;1H4. The number of hydrogen-bond donors (Lipinski definition) is 3. The SMILES string of the molecule is C.NC(=O)C1(c2ccccc2CCc2nc(Cl)ncc2Cl)CC1.[C-]#[N+]c1ccc(Cc2ncc(Cl)c(CCc3ccccc3C3(C(N)=O)CC3)n2)cn1.[C-]#[N+]c1ccc(N)cn1. The number of aryl methyl sites for hydroxylation is 4. The normalized spacial score (nSPS) is 13.6. The van der Waals surface area contributed by atoms with Crippen molar-refractivity contribution in [2.24, 2.45) is 11.5 Å². The number of nitrogens with zero attached hydrogens (tertiary/aromatic N) is 8. The minimum Gasteiger partial charge on any atom is -0.396 e. The van der Waals surface area contributed by atoms with Crippen LogP contribution in [0.5, 0.6) is 0 Å². The van der Waals surface area contributed by atoms with Crippen molar-refractivity contribution in [3.63, 3.8) is 0 Å². The molecular weight excluding hydrogens is 845 g/mol. The summed E-state index contributed by atoms with van der Waals surface area (Å²) in [6.45, 7) is 13.5. The smallest absolute Gasteiger partial charge is 0.269 e. The van der Waals surface area contributed by atoms with Crippen LogP contribution in [0.3, 0.4) is 0 Å². The van der Waals surface area contributed by atoms with Crippen LogP contribution in [0.4, 0.5) is 17.3 Å². The number of anilines is 1. The van der Waals surface area contributed by atoms with Crippen molar-refractivity contribution in [3.8, 4) is 0 Å². The molecular formula is C46H44Cl3N11O2. The number of primary amides is 2. The summed E-state index contributed by atoms with van der Waals surface area (Å²) in [6, 6.07) is 22.7. The highest BCUT2D eigenvalue weighted by atomic mass is 35.5. The van der Waals surface area contributed by atoms with Crippen LogP contribution in [-0.4, -0.2) is 41.7 Å². The molecule has 2 aliphatic carbocycles. The molecule has 0 radical (unpaired) electrons. The van der Waals surface area contributed by atoms with E-state index in [1.807, 2.05) is 54.6 Å². The Morgan fingerprint density at radius 1 is 0.613 bits per heavy atom. The largest absolute Gasteiger partial charge is 0.396 e. The lowest BCUT2D eigenvalue weighted by Gasteiger charge is -2.16. The number of pyridine rings is 2. The van der Waals surface area contributed by atoms with Crippen molar-refractivity contribution in [2.45, 2.75) is 76.0 Å². The van der Waals surface area contributed by atoms with Gasteiger partial charge in [-0.2, -0.15) is 0 Å². The van der Waals surface area contributed by atoms with E-state index in [9.17, 15) is 9.59 Å². The lowest BCUT2D eigenvalue weighted by Crippen LogP contribution is -2.29. The minimum atomic E-state index is -0.512. The number of nitrogens with two attached hydrogens (primary N) is 3. The Hall–Kier alpha value is -6.51. The predicted molar refractivity (Wildman–Crippen MR) is 242 cm³/mol. The van der Waals surface area contributed by atoms with E-state index >= 15 is 0 Å². The fourth-order valence-corrected chi connectivity index (χ4v) is 7.48. The minimum absolute atomic E-state index is 0. The molecule has 4 heterocycles. The van der Waals surface area contributed by atoms with Gasteiger partial charge in [0.1, 0.15) is 18.2 Å². The van der Waals surface area contributed by atoms with E-state index in [1.165, 1.54) is 12.4 Å². The Labute approximate surface area is 375 Å². The third-order valence-electron chi connectivity index (χ3n) is 10.6. The van der Waals surface area contributed by atoms with Gasteiger partial charge in [-0.15, -0.1) is 9.97 Å². The number of benzene rings is 2. The van der Waals surface area contributed by atoms with E-state index in [4.69, 9.17) is 65.1 Å². The van der Waals surface area contributed by atoms with Gasteiger partial charge in [-0.3, -0.25) is 9.59 Å². The zero-order valence-electron chi connectivity index (χ0n) is 32.9. The average Bonchev–Trinajstić information content (AvgIpc) is 4.21. The molecule has 6 aromatic rings. The Morgan fingerprint density at radius 3 is 1.55 bits per heavy atom. The summed E-state index contributed by atoms with van der Waals surface area (Å²) in [5.74, 6) is 0.887. The Balaban J connectivity index is 0.000000198.